The Balaban J connectivity index is 2.33. The van der Waals surface area contributed by atoms with Gasteiger partial charge in [0.25, 0.3) is 5.92 Å². The van der Waals surface area contributed by atoms with E-state index in [2.05, 4.69) is 4.98 Å². The zero-order valence-electron chi connectivity index (χ0n) is 5.77. The van der Waals surface area contributed by atoms with Gasteiger partial charge in [-0.05, 0) is 12.1 Å². The first-order chi connectivity index (χ1) is 5.06. The lowest BCUT2D eigenvalue weighted by atomic mass is 10.2. The Bertz CT molecular complexity index is 268. The number of rotatable bonds is 1. The zero-order valence-corrected chi connectivity index (χ0v) is 5.77. The maximum absolute atomic E-state index is 12.6. The molecule has 0 aliphatic heterocycles. The molecule has 1 aliphatic rings. The molecule has 1 atom stereocenters. The van der Waals surface area contributed by atoms with Crippen LogP contribution >= 0.6 is 0 Å². The molecule has 4 heteroatoms. The summed E-state index contributed by atoms with van der Waals surface area (Å²) < 4.78 is 25.2. The van der Waals surface area contributed by atoms with Crippen LogP contribution in [0.15, 0.2) is 18.3 Å². The van der Waals surface area contributed by atoms with Crippen molar-refractivity contribution in [2.24, 2.45) is 5.73 Å². The van der Waals surface area contributed by atoms with Crippen molar-refractivity contribution in [2.45, 2.75) is 17.9 Å². The molecule has 0 amide bonds. The summed E-state index contributed by atoms with van der Waals surface area (Å²) in [6.45, 7) is 0. The monoisotopic (exact) mass is 158 g/mol. The van der Waals surface area contributed by atoms with Crippen molar-refractivity contribution in [1.82, 2.24) is 4.98 Å². The highest BCUT2D eigenvalue weighted by atomic mass is 19.3. The van der Waals surface area contributed by atoms with Gasteiger partial charge in [-0.3, -0.25) is 0 Å². The van der Waals surface area contributed by atoms with Crippen molar-refractivity contribution in [2.75, 3.05) is 0 Å². The van der Waals surface area contributed by atoms with Crippen LogP contribution in [0.4, 0.5) is 8.78 Å². The summed E-state index contributed by atoms with van der Waals surface area (Å²) in [6.07, 6.45) is 1.35. The molecule has 11 heavy (non-hydrogen) atoms. The Morgan fingerprint density at radius 1 is 1.55 bits per heavy atom. The SMILES string of the molecule is NC1(c2ccc[nH]2)CC1(F)F. The van der Waals surface area contributed by atoms with Crippen molar-refractivity contribution >= 4 is 0 Å². The molecule has 60 valence electrons. The molecule has 0 spiro atoms. The van der Waals surface area contributed by atoms with Gasteiger partial charge in [0.1, 0.15) is 5.54 Å². The van der Waals surface area contributed by atoms with Crippen molar-refractivity contribution in [3.8, 4) is 0 Å². The van der Waals surface area contributed by atoms with Crippen LogP contribution in [0.5, 0.6) is 0 Å². The fraction of sp³-hybridized carbons (Fsp3) is 0.429. The summed E-state index contributed by atoms with van der Waals surface area (Å²) in [5, 5.41) is 0. The summed E-state index contributed by atoms with van der Waals surface area (Å²) >= 11 is 0. The van der Waals surface area contributed by atoms with E-state index in [4.69, 9.17) is 5.73 Å². The van der Waals surface area contributed by atoms with Crippen LogP contribution in [-0.2, 0) is 5.54 Å². The summed E-state index contributed by atoms with van der Waals surface area (Å²) in [6, 6.07) is 3.25. The fourth-order valence-electron chi connectivity index (χ4n) is 1.21. The second-order valence-electron chi connectivity index (χ2n) is 2.94. The molecule has 1 aromatic rings. The van der Waals surface area contributed by atoms with Gasteiger partial charge in [0.15, 0.2) is 0 Å². The van der Waals surface area contributed by atoms with Crippen LogP contribution in [-0.4, -0.2) is 10.9 Å². The van der Waals surface area contributed by atoms with E-state index in [1.807, 2.05) is 0 Å². The molecule has 1 heterocycles. The van der Waals surface area contributed by atoms with E-state index < -0.39 is 11.5 Å². The van der Waals surface area contributed by atoms with E-state index in [1.165, 1.54) is 0 Å². The normalized spacial score (nSPS) is 33.7. The molecule has 0 aromatic carbocycles. The van der Waals surface area contributed by atoms with E-state index in [1.54, 1.807) is 18.3 Å². The molecule has 0 bridgehead atoms. The van der Waals surface area contributed by atoms with E-state index >= 15 is 0 Å². The van der Waals surface area contributed by atoms with Crippen molar-refractivity contribution in [3.05, 3.63) is 24.0 Å². The number of aromatic nitrogens is 1. The molecule has 1 fully saturated rings. The predicted octanol–water partition coefficient (Wildman–Crippen LogP) is 1.21. The van der Waals surface area contributed by atoms with Crippen LogP contribution in [0.25, 0.3) is 0 Å². The Morgan fingerprint density at radius 2 is 2.18 bits per heavy atom. The summed E-state index contributed by atoms with van der Waals surface area (Å²) in [5.74, 6) is -2.72. The Hall–Kier alpha value is -0.900. The van der Waals surface area contributed by atoms with Crippen LogP contribution in [0, 0.1) is 0 Å². The van der Waals surface area contributed by atoms with E-state index in [0.717, 1.165) is 0 Å². The van der Waals surface area contributed by atoms with Crippen molar-refractivity contribution < 1.29 is 8.78 Å². The number of halogens is 2. The first-order valence-electron chi connectivity index (χ1n) is 3.37. The lowest BCUT2D eigenvalue weighted by Gasteiger charge is -2.06. The maximum Gasteiger partial charge on any atom is 0.273 e. The van der Waals surface area contributed by atoms with Gasteiger partial charge in [-0.25, -0.2) is 8.78 Å². The molecule has 2 nitrogen and oxygen atoms in total. The summed E-state index contributed by atoms with van der Waals surface area (Å²) in [7, 11) is 0. The zero-order chi connectivity index (χ0) is 8.11. The number of hydrogen-bond acceptors (Lipinski definition) is 1. The molecular formula is C7H8F2N2. The number of aromatic amines is 1. The van der Waals surface area contributed by atoms with Gasteiger partial charge >= 0.3 is 0 Å². The highest BCUT2D eigenvalue weighted by Crippen LogP contribution is 2.56. The minimum Gasteiger partial charge on any atom is -0.363 e. The molecule has 2 rings (SSSR count). The van der Waals surface area contributed by atoms with E-state index in [-0.39, 0.29) is 6.42 Å². The van der Waals surface area contributed by atoms with E-state index in [9.17, 15) is 8.78 Å². The third kappa shape index (κ3) is 0.728. The number of nitrogens with one attached hydrogen (secondary N) is 1. The Morgan fingerprint density at radius 3 is 2.55 bits per heavy atom. The van der Waals surface area contributed by atoms with Gasteiger partial charge in [-0.15, -0.1) is 0 Å². The van der Waals surface area contributed by atoms with Gasteiger partial charge in [-0.1, -0.05) is 0 Å². The highest BCUT2D eigenvalue weighted by molar-refractivity contribution is 5.30. The lowest BCUT2D eigenvalue weighted by Crippen LogP contribution is -2.27. The number of H-pyrrole nitrogens is 1. The second kappa shape index (κ2) is 1.64. The Kier molecular flexibility index (Phi) is 1.01. The molecule has 0 radical (unpaired) electrons. The Labute approximate surface area is 62.4 Å². The van der Waals surface area contributed by atoms with Crippen molar-refractivity contribution in [3.63, 3.8) is 0 Å². The van der Waals surface area contributed by atoms with Crippen LogP contribution in [0.2, 0.25) is 0 Å². The van der Waals surface area contributed by atoms with Gasteiger partial charge in [-0.2, -0.15) is 0 Å². The highest BCUT2D eigenvalue weighted by Gasteiger charge is 2.70. The molecule has 1 aliphatic carbocycles. The summed E-state index contributed by atoms with van der Waals surface area (Å²) in [5.41, 5.74) is 4.41. The quantitative estimate of drug-likeness (QED) is 0.633. The average molecular weight is 158 g/mol. The van der Waals surface area contributed by atoms with Gasteiger partial charge in [0.05, 0.1) is 0 Å². The number of hydrogen-bond donors (Lipinski definition) is 2. The third-order valence-electron chi connectivity index (χ3n) is 2.11. The topological polar surface area (TPSA) is 41.8 Å². The van der Waals surface area contributed by atoms with E-state index in [0.29, 0.717) is 5.69 Å². The third-order valence-corrected chi connectivity index (χ3v) is 2.11. The predicted molar refractivity (Wildman–Crippen MR) is 36.2 cm³/mol. The van der Waals surface area contributed by atoms with Gasteiger partial charge < -0.3 is 10.7 Å². The fourth-order valence-corrected chi connectivity index (χ4v) is 1.21. The summed E-state index contributed by atoms with van der Waals surface area (Å²) in [4.78, 5) is 2.69. The largest absolute Gasteiger partial charge is 0.363 e. The minimum absolute atomic E-state index is 0.249. The first-order valence-corrected chi connectivity index (χ1v) is 3.37. The number of alkyl halides is 2. The molecule has 3 N–H and O–H groups in total. The standard InChI is InChI=1S/C7H8F2N2/c8-7(9)4-6(7,10)5-2-1-3-11-5/h1-3,11H,4,10H2. The second-order valence-corrected chi connectivity index (χ2v) is 2.94. The molecule has 1 aromatic heterocycles. The van der Waals surface area contributed by atoms with Gasteiger partial charge in [0, 0.05) is 18.3 Å². The lowest BCUT2D eigenvalue weighted by molar-refractivity contribution is 0.0882. The molecule has 1 unspecified atom stereocenters. The maximum atomic E-state index is 12.6. The van der Waals surface area contributed by atoms with Gasteiger partial charge in [0.2, 0.25) is 0 Å². The van der Waals surface area contributed by atoms with Crippen LogP contribution in [0.1, 0.15) is 12.1 Å². The molecule has 0 saturated heterocycles. The smallest absolute Gasteiger partial charge is 0.273 e. The molecular weight excluding hydrogens is 150 g/mol. The number of nitrogens with two attached hydrogens (primary N) is 1. The minimum atomic E-state index is -2.72. The molecule has 1 saturated carbocycles. The average Bonchev–Trinajstić information content (AvgIpc) is 2.36. The van der Waals surface area contributed by atoms with Crippen LogP contribution in [0.3, 0.4) is 0 Å². The van der Waals surface area contributed by atoms with Crippen molar-refractivity contribution in [1.29, 1.82) is 0 Å². The first kappa shape index (κ1) is 6.79. The van der Waals surface area contributed by atoms with Crippen LogP contribution < -0.4 is 5.73 Å².